The maximum atomic E-state index is 15.3. The molecule has 0 bridgehead atoms. The zero-order valence-corrected chi connectivity index (χ0v) is 36.4. The van der Waals surface area contributed by atoms with E-state index in [2.05, 4.69) is 12.1 Å². The molecule has 0 aliphatic rings. The number of benzene rings is 6. The van der Waals surface area contributed by atoms with Crippen molar-refractivity contribution in [2.24, 2.45) is 0 Å². The van der Waals surface area contributed by atoms with Crippen molar-refractivity contribution >= 4 is 46.1 Å². The Labute approximate surface area is 324 Å². The van der Waals surface area contributed by atoms with E-state index in [4.69, 9.17) is 0 Å². The predicted octanol–water partition coefficient (Wildman–Crippen LogP) is 12.7. The molecule has 0 saturated heterocycles. The van der Waals surface area contributed by atoms with E-state index in [9.17, 15) is 0 Å². The molecular formula is C49H66O2P2. The molecule has 2 nitrogen and oxygen atoms in total. The van der Waals surface area contributed by atoms with Gasteiger partial charge in [-0.15, -0.1) is 0 Å². The molecule has 0 radical (unpaired) electrons. The van der Waals surface area contributed by atoms with Crippen LogP contribution in [0.3, 0.4) is 0 Å². The van der Waals surface area contributed by atoms with Crippen molar-refractivity contribution in [2.75, 3.05) is 0 Å². The van der Waals surface area contributed by atoms with Gasteiger partial charge in [0.2, 0.25) is 0 Å². The Kier molecular flexibility index (Phi) is 26.1. The van der Waals surface area contributed by atoms with Crippen molar-refractivity contribution in [3.63, 3.8) is 0 Å². The van der Waals surface area contributed by atoms with Crippen LogP contribution in [-0.2, 0) is 15.6 Å². The van der Waals surface area contributed by atoms with Gasteiger partial charge >= 0.3 is 0 Å². The summed E-state index contributed by atoms with van der Waals surface area (Å²) < 4.78 is 30.6. The van der Waals surface area contributed by atoms with E-state index < -0.39 is 14.3 Å². The van der Waals surface area contributed by atoms with E-state index in [0.717, 1.165) is 43.0 Å². The van der Waals surface area contributed by atoms with Gasteiger partial charge in [0, 0.05) is 31.8 Å². The van der Waals surface area contributed by atoms with Crippen LogP contribution in [0.4, 0.5) is 0 Å². The second-order valence-corrected chi connectivity index (χ2v) is 15.5. The summed E-state index contributed by atoms with van der Waals surface area (Å²) in [5.74, 6) is 0. The minimum absolute atomic E-state index is 0.500. The van der Waals surface area contributed by atoms with E-state index in [-0.39, 0.29) is 0 Å². The number of hydrogen-bond acceptors (Lipinski definition) is 2. The Morgan fingerprint density at radius 1 is 0.283 bits per heavy atom. The first-order valence-electron chi connectivity index (χ1n) is 19.7. The summed E-state index contributed by atoms with van der Waals surface area (Å²) in [6.45, 7) is 24.0. The third-order valence-electron chi connectivity index (χ3n) is 7.52. The average molecular weight is 749 g/mol. The van der Waals surface area contributed by atoms with Gasteiger partial charge < -0.3 is 9.13 Å². The van der Waals surface area contributed by atoms with Gasteiger partial charge in [-0.3, -0.25) is 0 Å². The summed E-state index contributed by atoms with van der Waals surface area (Å²) in [6.07, 6.45) is 0.500. The number of hydrogen-bond donors (Lipinski definition) is 0. The molecule has 6 aromatic rings. The smallest absolute Gasteiger partial charge is 0.171 e. The lowest BCUT2D eigenvalue weighted by molar-refractivity contribution is 0.591. The summed E-state index contributed by atoms with van der Waals surface area (Å²) in [4.78, 5) is 0. The lowest BCUT2D eigenvalue weighted by Crippen LogP contribution is -2.29. The van der Waals surface area contributed by atoms with Crippen molar-refractivity contribution in [1.82, 2.24) is 0 Å². The lowest BCUT2D eigenvalue weighted by atomic mass is 10.1. The summed E-state index contributed by atoms with van der Waals surface area (Å²) in [6, 6.07) is 55.0. The zero-order chi connectivity index (χ0) is 40.1. The summed E-state index contributed by atoms with van der Waals surface area (Å²) in [5.41, 5.74) is 1.92. The Hall–Kier alpha value is -4.22. The van der Waals surface area contributed by atoms with Gasteiger partial charge in [0.1, 0.15) is 0 Å². The van der Waals surface area contributed by atoms with Gasteiger partial charge in [0.05, 0.1) is 0 Å². The van der Waals surface area contributed by atoms with Crippen LogP contribution in [0.2, 0.25) is 0 Å². The van der Waals surface area contributed by atoms with Crippen molar-refractivity contribution in [3.05, 3.63) is 181 Å². The molecule has 0 heterocycles. The largest absolute Gasteiger partial charge is 0.309 e. The standard InChI is InChI=1S/C37H30O2P2.6C2H6/c38-40(32-19-5-1-6-20-32,33-21-7-2-8-22-33)36-27-15-13-17-30(36)29-31-18-14-16-28-37(31)41(39,34-23-9-3-10-24-34)35-25-11-4-12-26-35;6*1-2/h1-28H,29H2;6*1-2H3. The van der Waals surface area contributed by atoms with E-state index in [1.807, 2.05) is 241 Å². The Balaban J connectivity index is 0.00000205. The van der Waals surface area contributed by atoms with Crippen LogP contribution in [0.25, 0.3) is 0 Å². The summed E-state index contributed by atoms with van der Waals surface area (Å²) >= 11 is 0. The minimum Gasteiger partial charge on any atom is -0.309 e. The molecule has 0 unspecified atom stereocenters. The second-order valence-electron chi connectivity index (χ2n) is 9.99. The van der Waals surface area contributed by atoms with Crippen LogP contribution < -0.4 is 31.8 Å². The highest BCUT2D eigenvalue weighted by Crippen LogP contribution is 2.45. The maximum Gasteiger partial charge on any atom is 0.171 e. The fourth-order valence-electron chi connectivity index (χ4n) is 5.55. The van der Waals surface area contributed by atoms with Gasteiger partial charge in [-0.25, -0.2) is 0 Å². The van der Waals surface area contributed by atoms with E-state index in [0.29, 0.717) is 6.42 Å². The molecule has 0 fully saturated rings. The van der Waals surface area contributed by atoms with Gasteiger partial charge in [-0.1, -0.05) is 253 Å². The SMILES string of the molecule is CC.CC.CC.CC.CC.CC.O=P(c1ccccc1)(c1ccccc1)c1ccccc1Cc1ccccc1P(=O)(c1ccccc1)c1ccccc1. The fraction of sp³-hybridized carbons (Fsp3) is 0.265. The van der Waals surface area contributed by atoms with Crippen molar-refractivity contribution in [2.45, 2.75) is 89.5 Å². The maximum absolute atomic E-state index is 15.3. The normalized spacial score (nSPS) is 9.74. The Morgan fingerprint density at radius 2 is 0.472 bits per heavy atom. The summed E-state index contributed by atoms with van der Waals surface area (Å²) in [7, 11) is -6.38. The number of rotatable bonds is 8. The zero-order valence-electron chi connectivity index (χ0n) is 34.6. The van der Waals surface area contributed by atoms with Gasteiger partial charge in [0.25, 0.3) is 0 Å². The molecule has 284 valence electrons. The fourth-order valence-corrected chi connectivity index (χ4v) is 11.3. The highest BCUT2D eigenvalue weighted by molar-refractivity contribution is 7.85. The first kappa shape index (κ1) is 48.8. The molecule has 0 N–H and O–H groups in total. The van der Waals surface area contributed by atoms with Crippen molar-refractivity contribution in [1.29, 1.82) is 0 Å². The van der Waals surface area contributed by atoms with Crippen LogP contribution in [0, 0.1) is 0 Å². The van der Waals surface area contributed by atoms with E-state index in [1.165, 1.54) is 0 Å². The topological polar surface area (TPSA) is 34.1 Å². The second kappa shape index (κ2) is 28.3. The minimum atomic E-state index is -3.19. The van der Waals surface area contributed by atoms with E-state index >= 15 is 9.13 Å². The van der Waals surface area contributed by atoms with Crippen LogP contribution in [0.15, 0.2) is 170 Å². The van der Waals surface area contributed by atoms with E-state index in [1.54, 1.807) is 0 Å². The first-order chi connectivity index (χ1) is 26.1. The Morgan fingerprint density at radius 3 is 0.698 bits per heavy atom. The highest BCUT2D eigenvalue weighted by Gasteiger charge is 2.34. The summed E-state index contributed by atoms with van der Waals surface area (Å²) in [5, 5.41) is 4.80. The molecule has 0 amide bonds. The molecule has 0 atom stereocenters. The molecule has 0 spiro atoms. The third kappa shape index (κ3) is 12.4. The van der Waals surface area contributed by atoms with Gasteiger partial charge in [-0.2, -0.15) is 0 Å². The van der Waals surface area contributed by atoms with Crippen LogP contribution in [0.1, 0.15) is 94.2 Å². The van der Waals surface area contributed by atoms with Crippen molar-refractivity contribution < 1.29 is 9.13 Å². The molecule has 0 saturated carbocycles. The first-order valence-corrected chi connectivity index (χ1v) is 23.1. The molecule has 0 aromatic heterocycles. The van der Waals surface area contributed by atoms with Crippen LogP contribution >= 0.6 is 14.3 Å². The van der Waals surface area contributed by atoms with Crippen molar-refractivity contribution in [3.8, 4) is 0 Å². The quantitative estimate of drug-likeness (QED) is 0.145. The third-order valence-corrected chi connectivity index (χ3v) is 13.9. The van der Waals surface area contributed by atoms with Gasteiger partial charge in [0.15, 0.2) is 14.3 Å². The van der Waals surface area contributed by atoms with Crippen LogP contribution in [-0.4, -0.2) is 0 Å². The molecule has 0 aliphatic heterocycles. The average Bonchev–Trinajstić information content (AvgIpc) is 3.29. The van der Waals surface area contributed by atoms with Gasteiger partial charge in [-0.05, 0) is 17.5 Å². The molecule has 53 heavy (non-hydrogen) atoms. The monoisotopic (exact) mass is 748 g/mol. The highest BCUT2D eigenvalue weighted by atomic mass is 31.2. The van der Waals surface area contributed by atoms with Crippen LogP contribution in [0.5, 0.6) is 0 Å². The lowest BCUT2D eigenvalue weighted by Gasteiger charge is -2.25. The molecule has 6 aromatic carbocycles. The molecule has 0 aliphatic carbocycles. The predicted molar refractivity (Wildman–Crippen MR) is 243 cm³/mol. The molecule has 4 heteroatoms. The Bertz CT molecular complexity index is 1630. The molecular weight excluding hydrogens is 682 g/mol. The molecule has 6 rings (SSSR count).